The van der Waals surface area contributed by atoms with Crippen LogP contribution >= 0.6 is 0 Å². The quantitative estimate of drug-likeness (QED) is 0.567. The molecule has 0 saturated heterocycles. The molecule has 0 aromatic heterocycles. The number of rotatable bonds is 6. The number of nitrogens with one attached hydrogen (secondary N) is 2. The third-order valence-electron chi connectivity index (χ3n) is 4.21. The number of hydrogen-bond donors (Lipinski definition) is 2. The molecule has 3 aromatic rings. The predicted molar refractivity (Wildman–Crippen MR) is 110 cm³/mol. The molecule has 0 fully saturated rings. The minimum Gasteiger partial charge on any atom is -0.495 e. The normalized spacial score (nSPS) is 11.6. The van der Waals surface area contributed by atoms with Crippen molar-refractivity contribution in [1.29, 1.82) is 0 Å². The van der Waals surface area contributed by atoms with Gasteiger partial charge in [0, 0.05) is 11.3 Å². The number of methoxy groups -OCH3 is 1. The molecule has 3 aromatic carbocycles. The Hall–Kier alpha value is -3.53. The van der Waals surface area contributed by atoms with Crippen molar-refractivity contribution in [2.45, 2.75) is 11.1 Å². The predicted octanol–water partition coefficient (Wildman–Crippen LogP) is 4.77. The average Bonchev–Trinajstić information content (AvgIpc) is 2.73. The van der Waals surface area contributed by atoms with Crippen molar-refractivity contribution in [2.24, 2.45) is 0 Å². The van der Waals surface area contributed by atoms with Crippen LogP contribution in [0.4, 0.5) is 24.5 Å². The maximum Gasteiger partial charge on any atom is 0.416 e. The molecule has 0 bridgehead atoms. The van der Waals surface area contributed by atoms with Gasteiger partial charge in [-0.05, 0) is 48.5 Å². The van der Waals surface area contributed by atoms with Crippen LogP contribution in [0.2, 0.25) is 0 Å². The summed E-state index contributed by atoms with van der Waals surface area (Å²) in [6.45, 7) is 0. The summed E-state index contributed by atoms with van der Waals surface area (Å²) < 4.78 is 71.6. The van der Waals surface area contributed by atoms with E-state index in [9.17, 15) is 26.4 Å². The van der Waals surface area contributed by atoms with Crippen molar-refractivity contribution in [1.82, 2.24) is 0 Å². The maximum absolute atomic E-state index is 12.9. The highest BCUT2D eigenvalue weighted by molar-refractivity contribution is 7.92. The summed E-state index contributed by atoms with van der Waals surface area (Å²) in [6.07, 6.45) is -4.59. The Morgan fingerprint density at radius 2 is 1.65 bits per heavy atom. The van der Waals surface area contributed by atoms with E-state index in [1.165, 1.54) is 43.5 Å². The molecule has 1 amide bonds. The van der Waals surface area contributed by atoms with Crippen LogP contribution < -0.4 is 14.8 Å². The van der Waals surface area contributed by atoms with Crippen LogP contribution in [0.1, 0.15) is 15.9 Å². The van der Waals surface area contributed by atoms with Gasteiger partial charge in [-0.3, -0.25) is 9.52 Å². The molecule has 0 radical (unpaired) electrons. The summed E-state index contributed by atoms with van der Waals surface area (Å²) in [7, 11) is -2.63. The molecular weight excluding hydrogens is 433 g/mol. The van der Waals surface area contributed by atoms with Gasteiger partial charge in [0.2, 0.25) is 0 Å². The summed E-state index contributed by atoms with van der Waals surface area (Å²) in [5.74, 6) is -0.488. The number of para-hydroxylation sites is 2. The number of carbonyl (C=O) groups excluding carboxylic acids is 1. The highest BCUT2D eigenvalue weighted by atomic mass is 32.2. The van der Waals surface area contributed by atoms with Gasteiger partial charge in [-0.1, -0.05) is 24.3 Å². The molecule has 0 atom stereocenters. The monoisotopic (exact) mass is 450 g/mol. The van der Waals surface area contributed by atoms with Crippen LogP contribution in [0.5, 0.6) is 5.75 Å². The minimum atomic E-state index is -4.59. The van der Waals surface area contributed by atoms with E-state index in [0.29, 0.717) is 5.75 Å². The average molecular weight is 450 g/mol. The molecule has 6 nitrogen and oxygen atoms in total. The highest BCUT2D eigenvalue weighted by Crippen LogP contribution is 2.30. The smallest absolute Gasteiger partial charge is 0.416 e. The molecule has 2 N–H and O–H groups in total. The third kappa shape index (κ3) is 5.34. The first-order valence-electron chi connectivity index (χ1n) is 8.85. The van der Waals surface area contributed by atoms with E-state index in [-0.39, 0.29) is 21.8 Å². The second-order valence-electron chi connectivity index (χ2n) is 6.37. The van der Waals surface area contributed by atoms with E-state index in [4.69, 9.17) is 4.74 Å². The van der Waals surface area contributed by atoms with E-state index >= 15 is 0 Å². The topological polar surface area (TPSA) is 84.5 Å². The van der Waals surface area contributed by atoms with Crippen LogP contribution in [0, 0.1) is 0 Å². The molecule has 0 spiro atoms. The molecule has 162 valence electrons. The number of ether oxygens (including phenoxy) is 1. The van der Waals surface area contributed by atoms with Gasteiger partial charge in [0.15, 0.2) is 0 Å². The fraction of sp³-hybridized carbons (Fsp3) is 0.0952. The molecule has 0 aliphatic heterocycles. The summed E-state index contributed by atoms with van der Waals surface area (Å²) in [5.41, 5.74) is -0.846. The lowest BCUT2D eigenvalue weighted by molar-refractivity contribution is -0.137. The van der Waals surface area contributed by atoms with E-state index in [2.05, 4.69) is 10.0 Å². The molecule has 0 aliphatic rings. The lowest BCUT2D eigenvalue weighted by Gasteiger charge is -2.13. The minimum absolute atomic E-state index is 0.102. The maximum atomic E-state index is 12.9. The summed E-state index contributed by atoms with van der Waals surface area (Å²) in [5, 5.41) is 2.41. The number of sulfonamides is 1. The van der Waals surface area contributed by atoms with Gasteiger partial charge >= 0.3 is 6.18 Å². The first kappa shape index (κ1) is 22.2. The first-order valence-corrected chi connectivity index (χ1v) is 10.3. The Morgan fingerprint density at radius 3 is 2.35 bits per heavy atom. The van der Waals surface area contributed by atoms with Crippen molar-refractivity contribution in [3.05, 3.63) is 83.9 Å². The van der Waals surface area contributed by atoms with Gasteiger partial charge in [0.1, 0.15) is 5.75 Å². The van der Waals surface area contributed by atoms with Crippen molar-refractivity contribution in [3.8, 4) is 5.75 Å². The lowest BCUT2D eigenvalue weighted by Crippen LogP contribution is -2.16. The molecular formula is C21H17F3N2O4S. The second-order valence-corrected chi connectivity index (χ2v) is 8.05. The van der Waals surface area contributed by atoms with E-state index < -0.39 is 27.7 Å². The largest absolute Gasteiger partial charge is 0.495 e. The molecule has 0 unspecified atom stereocenters. The highest BCUT2D eigenvalue weighted by Gasteiger charge is 2.31. The van der Waals surface area contributed by atoms with Crippen molar-refractivity contribution >= 4 is 27.3 Å². The fourth-order valence-electron chi connectivity index (χ4n) is 2.71. The van der Waals surface area contributed by atoms with Gasteiger partial charge < -0.3 is 10.1 Å². The number of carbonyl (C=O) groups is 1. The zero-order valence-electron chi connectivity index (χ0n) is 16.1. The first-order chi connectivity index (χ1) is 14.6. The lowest BCUT2D eigenvalue weighted by atomic mass is 10.1. The summed E-state index contributed by atoms with van der Waals surface area (Å²) >= 11 is 0. The number of anilines is 2. The number of alkyl halides is 3. The fourth-order valence-corrected chi connectivity index (χ4v) is 3.83. The Labute approximate surface area is 176 Å². The zero-order valence-corrected chi connectivity index (χ0v) is 16.9. The Balaban J connectivity index is 1.82. The number of hydrogen-bond acceptors (Lipinski definition) is 4. The molecule has 31 heavy (non-hydrogen) atoms. The van der Waals surface area contributed by atoms with Gasteiger partial charge in [0.05, 0.1) is 23.3 Å². The van der Waals surface area contributed by atoms with Crippen molar-refractivity contribution in [3.63, 3.8) is 0 Å². The molecule has 10 heteroatoms. The standard InChI is InChI=1S/C21H17F3N2O4S/c1-30-19-11-3-2-10-18(19)26-31(28,29)17-9-5-8-16(13-17)25-20(27)14-6-4-7-15(12-14)21(22,23)24/h2-13,26H,1H3,(H,25,27). The van der Waals surface area contributed by atoms with Crippen LogP contribution in [0.25, 0.3) is 0 Å². The van der Waals surface area contributed by atoms with Crippen LogP contribution in [0.15, 0.2) is 77.7 Å². The van der Waals surface area contributed by atoms with Gasteiger partial charge in [-0.2, -0.15) is 13.2 Å². The zero-order chi connectivity index (χ0) is 22.6. The van der Waals surface area contributed by atoms with E-state index in [1.54, 1.807) is 18.2 Å². The van der Waals surface area contributed by atoms with E-state index in [1.807, 2.05) is 0 Å². The molecule has 0 saturated carbocycles. The van der Waals surface area contributed by atoms with Crippen molar-refractivity contribution < 1.29 is 31.1 Å². The number of amides is 1. The number of benzene rings is 3. The van der Waals surface area contributed by atoms with Crippen molar-refractivity contribution in [2.75, 3.05) is 17.1 Å². The molecule has 3 rings (SSSR count). The Morgan fingerprint density at radius 1 is 0.935 bits per heavy atom. The SMILES string of the molecule is COc1ccccc1NS(=O)(=O)c1cccc(NC(=O)c2cccc(C(F)(F)F)c2)c1. The van der Waals surface area contributed by atoms with Crippen LogP contribution in [-0.4, -0.2) is 21.4 Å². The van der Waals surface area contributed by atoms with Crippen LogP contribution in [0.3, 0.4) is 0 Å². The Bertz CT molecular complexity index is 1210. The summed E-state index contributed by atoms with van der Waals surface area (Å²) in [6, 6.07) is 15.7. The Kier molecular flexibility index (Phi) is 6.21. The van der Waals surface area contributed by atoms with E-state index in [0.717, 1.165) is 18.2 Å². The third-order valence-corrected chi connectivity index (χ3v) is 5.57. The van der Waals surface area contributed by atoms with Gasteiger partial charge in [-0.15, -0.1) is 0 Å². The van der Waals surface area contributed by atoms with Gasteiger partial charge in [0.25, 0.3) is 15.9 Å². The van der Waals surface area contributed by atoms with Crippen LogP contribution in [-0.2, 0) is 16.2 Å². The van der Waals surface area contributed by atoms with Gasteiger partial charge in [-0.25, -0.2) is 8.42 Å². The summed E-state index contributed by atoms with van der Waals surface area (Å²) in [4.78, 5) is 12.2. The second kappa shape index (κ2) is 8.68. The molecule has 0 aliphatic carbocycles. The molecule has 0 heterocycles. The number of halogens is 3.